The van der Waals surface area contributed by atoms with Crippen molar-refractivity contribution < 1.29 is 14.0 Å². The summed E-state index contributed by atoms with van der Waals surface area (Å²) in [6.45, 7) is 2.51. The van der Waals surface area contributed by atoms with E-state index in [1.165, 1.54) is 0 Å². The molecule has 0 unspecified atom stereocenters. The third kappa shape index (κ3) is 4.09. The maximum absolute atomic E-state index is 12.6. The summed E-state index contributed by atoms with van der Waals surface area (Å²) in [5, 5.41) is 3.96. The normalized spacial score (nSPS) is 13.5. The fourth-order valence-corrected chi connectivity index (χ4v) is 3.25. The van der Waals surface area contributed by atoms with E-state index in [1.54, 1.807) is 18.2 Å². The third-order valence-electron chi connectivity index (χ3n) is 5.13. The zero-order chi connectivity index (χ0) is 19.7. The second kappa shape index (κ2) is 7.50. The first-order valence-corrected chi connectivity index (χ1v) is 9.60. The molecule has 1 aromatic heterocycles. The van der Waals surface area contributed by atoms with E-state index in [2.05, 4.69) is 5.32 Å². The highest BCUT2D eigenvalue weighted by molar-refractivity contribution is 5.94. The minimum Gasteiger partial charge on any atom is -0.464 e. The Labute approximate surface area is 164 Å². The Morgan fingerprint density at radius 1 is 1.14 bits per heavy atom. The molecule has 0 atom stereocenters. The number of carbonyl (C=O) groups is 2. The van der Waals surface area contributed by atoms with Crippen LogP contribution in [0.15, 0.2) is 53.1 Å². The number of rotatable bonds is 6. The molecule has 0 bridgehead atoms. The molecule has 3 aromatic rings. The van der Waals surface area contributed by atoms with Crippen LogP contribution in [0, 0.1) is 6.92 Å². The second-order valence-electron chi connectivity index (χ2n) is 7.63. The van der Waals surface area contributed by atoms with Gasteiger partial charge in [-0.1, -0.05) is 24.3 Å². The number of likely N-dealkylation sites (N-methyl/N-ethyl adjacent to an activating group) is 1. The van der Waals surface area contributed by atoms with Gasteiger partial charge in [-0.15, -0.1) is 0 Å². The van der Waals surface area contributed by atoms with Crippen LogP contribution in [-0.2, 0) is 17.8 Å². The molecule has 144 valence electrons. The van der Waals surface area contributed by atoms with Gasteiger partial charge in [0.25, 0.3) is 5.91 Å². The van der Waals surface area contributed by atoms with E-state index in [9.17, 15) is 9.59 Å². The van der Waals surface area contributed by atoms with Crippen LogP contribution < -0.4 is 5.32 Å². The lowest BCUT2D eigenvalue weighted by atomic mass is 10.1. The summed E-state index contributed by atoms with van der Waals surface area (Å²) in [6.07, 6.45) is 4.11. The largest absolute Gasteiger partial charge is 0.464 e. The number of nitrogens with zero attached hydrogens (tertiary/aromatic N) is 1. The summed E-state index contributed by atoms with van der Waals surface area (Å²) >= 11 is 0. The summed E-state index contributed by atoms with van der Waals surface area (Å²) < 4.78 is 5.59. The molecule has 0 spiro atoms. The first-order valence-electron chi connectivity index (χ1n) is 9.60. The van der Waals surface area contributed by atoms with Crippen molar-refractivity contribution in [2.45, 2.75) is 38.8 Å². The van der Waals surface area contributed by atoms with Crippen molar-refractivity contribution in [1.82, 2.24) is 10.2 Å². The van der Waals surface area contributed by atoms with Crippen LogP contribution in [0.25, 0.3) is 11.0 Å². The summed E-state index contributed by atoms with van der Waals surface area (Å²) in [4.78, 5) is 26.4. The Morgan fingerprint density at radius 2 is 1.89 bits per heavy atom. The Kier molecular flexibility index (Phi) is 4.90. The van der Waals surface area contributed by atoms with E-state index >= 15 is 0 Å². The van der Waals surface area contributed by atoms with Gasteiger partial charge in [0.05, 0.1) is 12.7 Å². The molecule has 1 fully saturated rings. The Bertz CT molecular complexity index is 1020. The fourth-order valence-electron chi connectivity index (χ4n) is 3.25. The molecule has 1 saturated carbocycles. The number of hydrogen-bond donors (Lipinski definition) is 1. The van der Waals surface area contributed by atoms with E-state index in [0.29, 0.717) is 24.6 Å². The van der Waals surface area contributed by atoms with Crippen molar-refractivity contribution in [3.63, 3.8) is 0 Å². The third-order valence-corrected chi connectivity index (χ3v) is 5.13. The molecule has 1 aliphatic rings. The maximum Gasteiger partial charge on any atom is 0.251 e. The molecular formula is C23H24N2O3. The van der Waals surface area contributed by atoms with Gasteiger partial charge < -0.3 is 14.6 Å². The number of fused-ring (bicyclic) bond motifs is 1. The van der Waals surface area contributed by atoms with Crippen LogP contribution in [0.1, 0.15) is 39.9 Å². The zero-order valence-corrected chi connectivity index (χ0v) is 16.2. The SMILES string of the molecule is Cc1ccc2c(CC(=O)N(C)Cc3ccc(C(=O)NC4CC4)cc3)coc2c1. The maximum atomic E-state index is 12.6. The first kappa shape index (κ1) is 18.3. The van der Waals surface area contributed by atoms with E-state index in [0.717, 1.165) is 40.5 Å². The molecule has 1 aliphatic carbocycles. The second-order valence-corrected chi connectivity index (χ2v) is 7.63. The molecule has 1 heterocycles. The van der Waals surface area contributed by atoms with Gasteiger partial charge in [0.1, 0.15) is 5.58 Å². The Morgan fingerprint density at radius 3 is 2.61 bits per heavy atom. The van der Waals surface area contributed by atoms with Crippen molar-refractivity contribution in [3.05, 3.63) is 71.0 Å². The standard InChI is InChI=1S/C23H24N2O3/c1-15-3-10-20-18(14-28-21(20)11-15)12-22(26)25(2)13-16-4-6-17(7-5-16)23(27)24-19-8-9-19/h3-7,10-11,14,19H,8-9,12-13H2,1-2H3,(H,24,27). The number of benzene rings is 2. The van der Waals surface area contributed by atoms with Crippen LogP contribution in [0.2, 0.25) is 0 Å². The number of carbonyl (C=O) groups excluding carboxylic acids is 2. The van der Waals surface area contributed by atoms with E-state index in [1.807, 2.05) is 49.4 Å². The molecule has 0 saturated heterocycles. The predicted octanol–water partition coefficient (Wildman–Crippen LogP) is 3.83. The van der Waals surface area contributed by atoms with Gasteiger partial charge in [0.15, 0.2) is 0 Å². The average Bonchev–Trinajstić information content (AvgIpc) is 3.41. The molecular weight excluding hydrogens is 352 g/mol. The Balaban J connectivity index is 1.37. The van der Waals surface area contributed by atoms with Crippen LogP contribution >= 0.6 is 0 Å². The van der Waals surface area contributed by atoms with Gasteiger partial charge in [-0.05, 0) is 49.1 Å². The quantitative estimate of drug-likeness (QED) is 0.711. The predicted molar refractivity (Wildman–Crippen MR) is 108 cm³/mol. The molecule has 5 heteroatoms. The molecule has 4 rings (SSSR count). The summed E-state index contributed by atoms with van der Waals surface area (Å²) in [5.74, 6) is -0.000573. The Hall–Kier alpha value is -3.08. The minimum absolute atomic E-state index is 0.0267. The van der Waals surface area contributed by atoms with E-state index in [-0.39, 0.29) is 11.8 Å². The highest BCUT2D eigenvalue weighted by atomic mass is 16.3. The van der Waals surface area contributed by atoms with Crippen molar-refractivity contribution in [2.24, 2.45) is 0 Å². The lowest BCUT2D eigenvalue weighted by Crippen LogP contribution is -2.28. The average molecular weight is 376 g/mol. The number of hydrogen-bond acceptors (Lipinski definition) is 3. The molecule has 1 N–H and O–H groups in total. The van der Waals surface area contributed by atoms with Crippen LogP contribution in [0.3, 0.4) is 0 Å². The van der Waals surface area contributed by atoms with E-state index < -0.39 is 0 Å². The number of furan rings is 1. The monoisotopic (exact) mass is 376 g/mol. The van der Waals surface area contributed by atoms with Gasteiger partial charge in [-0.25, -0.2) is 0 Å². The minimum atomic E-state index is -0.0273. The topological polar surface area (TPSA) is 62.6 Å². The lowest BCUT2D eigenvalue weighted by Gasteiger charge is -2.17. The molecule has 2 amide bonds. The smallest absolute Gasteiger partial charge is 0.251 e. The van der Waals surface area contributed by atoms with Gasteiger partial charge in [-0.3, -0.25) is 9.59 Å². The number of amides is 2. The van der Waals surface area contributed by atoms with Crippen molar-refractivity contribution in [2.75, 3.05) is 7.05 Å². The highest BCUT2D eigenvalue weighted by Crippen LogP contribution is 2.23. The summed E-state index contributed by atoms with van der Waals surface area (Å²) in [7, 11) is 1.79. The first-order chi connectivity index (χ1) is 13.5. The summed E-state index contributed by atoms with van der Waals surface area (Å²) in [6, 6.07) is 13.8. The highest BCUT2D eigenvalue weighted by Gasteiger charge is 2.23. The van der Waals surface area contributed by atoms with Crippen LogP contribution in [-0.4, -0.2) is 29.8 Å². The van der Waals surface area contributed by atoms with Crippen molar-refractivity contribution >= 4 is 22.8 Å². The van der Waals surface area contributed by atoms with Gasteiger partial charge in [0.2, 0.25) is 5.91 Å². The van der Waals surface area contributed by atoms with E-state index in [4.69, 9.17) is 4.42 Å². The lowest BCUT2D eigenvalue weighted by molar-refractivity contribution is -0.129. The van der Waals surface area contributed by atoms with Crippen molar-refractivity contribution in [3.8, 4) is 0 Å². The number of nitrogens with one attached hydrogen (secondary N) is 1. The van der Waals surface area contributed by atoms with Crippen LogP contribution in [0.4, 0.5) is 0 Å². The zero-order valence-electron chi connectivity index (χ0n) is 16.2. The molecule has 0 radical (unpaired) electrons. The number of aryl methyl sites for hydroxylation is 1. The molecule has 0 aliphatic heterocycles. The molecule has 28 heavy (non-hydrogen) atoms. The fraction of sp³-hybridized carbons (Fsp3) is 0.304. The summed E-state index contributed by atoms with van der Waals surface area (Å²) in [5.41, 5.74) is 4.49. The van der Waals surface area contributed by atoms with Gasteiger partial charge in [0, 0.05) is 36.1 Å². The van der Waals surface area contributed by atoms with Crippen molar-refractivity contribution in [1.29, 1.82) is 0 Å². The molecule has 2 aromatic carbocycles. The van der Waals surface area contributed by atoms with Gasteiger partial charge in [-0.2, -0.15) is 0 Å². The van der Waals surface area contributed by atoms with Gasteiger partial charge >= 0.3 is 0 Å². The van der Waals surface area contributed by atoms with Crippen LogP contribution in [0.5, 0.6) is 0 Å². The molecule has 5 nitrogen and oxygen atoms in total.